The molecule has 1 saturated heterocycles. The van der Waals surface area contributed by atoms with Gasteiger partial charge >= 0.3 is 0 Å². The normalized spacial score (nSPS) is 17.1. The Morgan fingerprint density at radius 3 is 3.09 bits per heavy atom. The quantitative estimate of drug-likeness (QED) is 0.621. The number of hydrogen-bond donors (Lipinski definition) is 0. The molecule has 0 bridgehead atoms. The van der Waals surface area contributed by atoms with Crippen LogP contribution in [0.25, 0.3) is 0 Å². The molecule has 2 aromatic heterocycles. The first-order valence-electron chi connectivity index (χ1n) is 7.03. The Kier molecular flexibility index (Phi) is 4.84. The molecule has 0 aromatic carbocycles. The molecule has 1 fully saturated rings. The zero-order valence-corrected chi connectivity index (χ0v) is 14.0. The lowest BCUT2D eigenvalue weighted by molar-refractivity contribution is 0.225. The number of anilines is 1. The molecule has 0 radical (unpaired) electrons. The maximum absolute atomic E-state index is 9.26. The highest BCUT2D eigenvalue weighted by molar-refractivity contribution is 7.98. The summed E-state index contributed by atoms with van der Waals surface area (Å²) in [4.78, 5) is 14.6. The number of thioether (sulfide) groups is 1. The Morgan fingerprint density at radius 1 is 1.48 bits per heavy atom. The third-order valence-corrected chi connectivity index (χ3v) is 4.37. The van der Waals surface area contributed by atoms with Crippen LogP contribution in [-0.2, 0) is 0 Å². The van der Waals surface area contributed by atoms with Crippen molar-refractivity contribution in [2.24, 2.45) is 0 Å². The van der Waals surface area contributed by atoms with E-state index in [1.165, 1.54) is 11.8 Å². The van der Waals surface area contributed by atoms with Gasteiger partial charge in [-0.15, -0.1) is 0 Å². The van der Waals surface area contributed by atoms with Gasteiger partial charge in [0.15, 0.2) is 11.0 Å². The molecule has 23 heavy (non-hydrogen) atoms. The highest BCUT2D eigenvalue weighted by atomic mass is 35.5. The van der Waals surface area contributed by atoms with E-state index in [1.807, 2.05) is 6.26 Å². The fraction of sp³-hybridized carbons (Fsp3) is 0.333. The number of rotatable bonds is 4. The number of aromatic nitrogens is 3. The molecule has 0 saturated carbocycles. The Hall–Kier alpha value is -2.04. The number of hydrogen-bond acceptors (Lipinski definition) is 7. The maximum atomic E-state index is 9.26. The van der Waals surface area contributed by atoms with E-state index in [1.54, 1.807) is 24.7 Å². The number of nitrogens with zero attached hydrogens (tertiary/aromatic N) is 5. The standard InChI is InChI=1S/C15H14ClN5OS/c1-23-15-19-7-10(6-17)14(20-15)21-5-3-11(9-21)22-13-2-4-18-8-12(13)16/h2,4,7-8,11H,3,5,9H2,1H3. The SMILES string of the molecule is CSc1ncc(C#N)c(N2CCC(Oc3ccncc3Cl)C2)n1. The van der Waals surface area contributed by atoms with Crippen LogP contribution in [0.15, 0.2) is 29.8 Å². The van der Waals surface area contributed by atoms with Crippen LogP contribution in [0.1, 0.15) is 12.0 Å². The summed E-state index contributed by atoms with van der Waals surface area (Å²) in [6.07, 6.45) is 7.52. The fourth-order valence-electron chi connectivity index (χ4n) is 2.43. The van der Waals surface area contributed by atoms with Gasteiger partial charge in [-0.05, 0) is 6.26 Å². The minimum atomic E-state index is -0.00543. The monoisotopic (exact) mass is 347 g/mol. The van der Waals surface area contributed by atoms with E-state index in [2.05, 4.69) is 25.9 Å². The van der Waals surface area contributed by atoms with Gasteiger partial charge in [-0.25, -0.2) is 9.97 Å². The van der Waals surface area contributed by atoms with Gasteiger partial charge in [0.05, 0.1) is 12.7 Å². The Balaban J connectivity index is 1.75. The molecule has 0 N–H and O–H groups in total. The van der Waals surface area contributed by atoms with Crippen molar-refractivity contribution in [1.29, 1.82) is 5.26 Å². The van der Waals surface area contributed by atoms with Crippen molar-refractivity contribution in [3.05, 3.63) is 35.2 Å². The summed E-state index contributed by atoms with van der Waals surface area (Å²) in [5.41, 5.74) is 0.477. The molecular formula is C15H14ClN5OS. The number of halogens is 1. The molecule has 3 heterocycles. The molecule has 0 spiro atoms. The first-order chi connectivity index (χ1) is 11.2. The van der Waals surface area contributed by atoms with E-state index in [0.717, 1.165) is 13.0 Å². The van der Waals surface area contributed by atoms with Crippen molar-refractivity contribution < 1.29 is 4.74 Å². The Labute approximate surface area is 143 Å². The van der Waals surface area contributed by atoms with Gasteiger partial charge in [0.2, 0.25) is 0 Å². The molecule has 1 unspecified atom stereocenters. The highest BCUT2D eigenvalue weighted by Gasteiger charge is 2.27. The van der Waals surface area contributed by atoms with E-state index in [-0.39, 0.29) is 6.10 Å². The zero-order valence-electron chi connectivity index (χ0n) is 12.4. The summed E-state index contributed by atoms with van der Waals surface area (Å²) in [6.45, 7) is 1.42. The summed E-state index contributed by atoms with van der Waals surface area (Å²) < 4.78 is 5.94. The number of pyridine rings is 1. The molecule has 2 aromatic rings. The lowest BCUT2D eigenvalue weighted by Gasteiger charge is -2.19. The van der Waals surface area contributed by atoms with Crippen molar-refractivity contribution in [2.45, 2.75) is 17.7 Å². The van der Waals surface area contributed by atoms with Gasteiger partial charge in [-0.2, -0.15) is 5.26 Å². The van der Waals surface area contributed by atoms with Crippen LogP contribution in [-0.4, -0.2) is 40.4 Å². The summed E-state index contributed by atoms with van der Waals surface area (Å²) in [5.74, 6) is 1.29. The molecule has 3 rings (SSSR count). The molecular weight excluding hydrogens is 334 g/mol. The topological polar surface area (TPSA) is 74.9 Å². The van der Waals surface area contributed by atoms with Gasteiger partial charge in [-0.3, -0.25) is 4.98 Å². The molecule has 6 nitrogen and oxygen atoms in total. The average molecular weight is 348 g/mol. The average Bonchev–Trinajstić information content (AvgIpc) is 3.05. The van der Waals surface area contributed by atoms with Crippen molar-refractivity contribution >= 4 is 29.2 Å². The maximum Gasteiger partial charge on any atom is 0.189 e. The van der Waals surface area contributed by atoms with Crippen LogP contribution in [0.4, 0.5) is 5.82 Å². The predicted molar refractivity (Wildman–Crippen MR) is 89.0 cm³/mol. The second-order valence-electron chi connectivity index (χ2n) is 4.99. The van der Waals surface area contributed by atoms with E-state index in [9.17, 15) is 5.26 Å². The number of nitriles is 1. The summed E-state index contributed by atoms with van der Waals surface area (Å²) >= 11 is 7.53. The molecule has 0 amide bonds. The van der Waals surface area contributed by atoms with E-state index < -0.39 is 0 Å². The van der Waals surface area contributed by atoms with Crippen molar-refractivity contribution in [1.82, 2.24) is 15.0 Å². The van der Waals surface area contributed by atoms with Crippen molar-refractivity contribution in [3.63, 3.8) is 0 Å². The van der Waals surface area contributed by atoms with E-state index in [0.29, 0.717) is 33.9 Å². The molecule has 1 atom stereocenters. The first kappa shape index (κ1) is 15.8. The third kappa shape index (κ3) is 3.49. The van der Waals surface area contributed by atoms with Crippen LogP contribution < -0.4 is 9.64 Å². The Morgan fingerprint density at radius 2 is 2.35 bits per heavy atom. The van der Waals surface area contributed by atoms with Crippen LogP contribution in [0, 0.1) is 11.3 Å². The predicted octanol–water partition coefficient (Wildman–Crippen LogP) is 2.78. The second-order valence-corrected chi connectivity index (χ2v) is 6.17. The molecule has 0 aliphatic carbocycles. The summed E-state index contributed by atoms with van der Waals surface area (Å²) in [5, 5.41) is 10.4. The smallest absolute Gasteiger partial charge is 0.189 e. The van der Waals surface area contributed by atoms with Gasteiger partial charge in [0, 0.05) is 31.4 Å². The van der Waals surface area contributed by atoms with Crippen LogP contribution in [0.5, 0.6) is 5.75 Å². The first-order valence-corrected chi connectivity index (χ1v) is 8.63. The summed E-state index contributed by atoms with van der Waals surface area (Å²) in [6, 6.07) is 3.90. The number of ether oxygens (including phenoxy) is 1. The van der Waals surface area contributed by atoms with Gasteiger partial charge < -0.3 is 9.64 Å². The third-order valence-electron chi connectivity index (χ3n) is 3.52. The van der Waals surface area contributed by atoms with Crippen LogP contribution in [0.3, 0.4) is 0 Å². The molecule has 8 heteroatoms. The highest BCUT2D eigenvalue weighted by Crippen LogP contribution is 2.28. The van der Waals surface area contributed by atoms with E-state index in [4.69, 9.17) is 16.3 Å². The lowest BCUT2D eigenvalue weighted by Crippen LogP contribution is -2.26. The van der Waals surface area contributed by atoms with Crippen molar-refractivity contribution in [3.8, 4) is 11.8 Å². The largest absolute Gasteiger partial charge is 0.487 e. The lowest BCUT2D eigenvalue weighted by atomic mass is 10.3. The van der Waals surface area contributed by atoms with Gasteiger partial charge in [-0.1, -0.05) is 23.4 Å². The van der Waals surface area contributed by atoms with Gasteiger partial charge in [0.1, 0.15) is 28.5 Å². The van der Waals surface area contributed by atoms with E-state index >= 15 is 0 Å². The molecule has 1 aliphatic rings. The Bertz CT molecular complexity index is 751. The minimum absolute atomic E-state index is 0.00543. The second kappa shape index (κ2) is 7.02. The van der Waals surface area contributed by atoms with Crippen LogP contribution >= 0.6 is 23.4 Å². The van der Waals surface area contributed by atoms with Crippen molar-refractivity contribution in [2.75, 3.05) is 24.2 Å². The fourth-order valence-corrected chi connectivity index (χ4v) is 2.93. The molecule has 118 valence electrons. The zero-order chi connectivity index (χ0) is 16.2. The molecule has 1 aliphatic heterocycles. The minimum Gasteiger partial charge on any atom is -0.487 e. The van der Waals surface area contributed by atoms with Crippen LogP contribution in [0.2, 0.25) is 5.02 Å². The summed E-state index contributed by atoms with van der Waals surface area (Å²) in [7, 11) is 0. The van der Waals surface area contributed by atoms with Gasteiger partial charge in [0.25, 0.3) is 0 Å².